The lowest BCUT2D eigenvalue weighted by molar-refractivity contribution is -0.0525. The lowest BCUT2D eigenvalue weighted by atomic mass is 10.1. The van der Waals surface area contributed by atoms with Crippen LogP contribution in [0.5, 0.6) is 0 Å². The molecule has 1 fully saturated rings. The molecule has 16 heavy (non-hydrogen) atoms. The summed E-state index contributed by atoms with van der Waals surface area (Å²) in [6.45, 7) is 4.54. The van der Waals surface area contributed by atoms with Crippen LogP contribution in [0.3, 0.4) is 0 Å². The quantitative estimate of drug-likeness (QED) is 0.819. The second kappa shape index (κ2) is 6.30. The molecule has 1 N–H and O–H groups in total. The van der Waals surface area contributed by atoms with Crippen molar-refractivity contribution in [1.29, 1.82) is 0 Å². The van der Waals surface area contributed by atoms with Gasteiger partial charge in [-0.1, -0.05) is 6.92 Å². The van der Waals surface area contributed by atoms with Crippen molar-refractivity contribution in [2.75, 3.05) is 19.8 Å². The number of ether oxygens (including phenoxy) is 2. The van der Waals surface area contributed by atoms with Gasteiger partial charge in [-0.3, -0.25) is 4.98 Å². The highest BCUT2D eigenvalue weighted by atomic mass is 32.1. The molecule has 1 aliphatic rings. The maximum Gasteiger partial charge on any atom is 0.159 e. The molecule has 0 radical (unpaired) electrons. The molecule has 1 aliphatic heterocycles. The molecule has 2 heterocycles. The number of nitrogens with zero attached hydrogens (tertiary/aromatic N) is 1. The van der Waals surface area contributed by atoms with E-state index in [4.69, 9.17) is 9.47 Å². The number of aromatic nitrogens is 1. The van der Waals surface area contributed by atoms with Crippen molar-refractivity contribution < 1.29 is 9.47 Å². The molecule has 5 heteroatoms. The Morgan fingerprint density at radius 1 is 1.56 bits per heavy atom. The van der Waals surface area contributed by atoms with E-state index in [1.807, 2.05) is 11.7 Å². The fraction of sp³-hybridized carbons (Fsp3) is 0.727. The van der Waals surface area contributed by atoms with Crippen molar-refractivity contribution >= 4 is 11.3 Å². The molecule has 2 rings (SSSR count). The molecule has 0 bridgehead atoms. The highest BCUT2D eigenvalue weighted by Crippen LogP contribution is 2.15. The molecule has 1 atom stereocenters. The standard InChI is InChI=1S/C11H18N2O2S/c1-2-13-9(5-10-7-12-8-16-10)6-11-14-3-4-15-11/h7-9,11,13H,2-6H2,1H3. The van der Waals surface area contributed by atoms with Crippen LogP contribution in [-0.2, 0) is 15.9 Å². The zero-order valence-corrected chi connectivity index (χ0v) is 10.3. The van der Waals surface area contributed by atoms with Gasteiger partial charge in [-0.2, -0.15) is 0 Å². The van der Waals surface area contributed by atoms with E-state index in [-0.39, 0.29) is 6.29 Å². The van der Waals surface area contributed by atoms with Crippen LogP contribution in [0.1, 0.15) is 18.2 Å². The second-order valence-electron chi connectivity index (χ2n) is 3.83. The second-order valence-corrected chi connectivity index (χ2v) is 4.80. The maximum absolute atomic E-state index is 5.47. The molecule has 0 amide bonds. The van der Waals surface area contributed by atoms with E-state index in [9.17, 15) is 0 Å². The first-order valence-corrected chi connectivity index (χ1v) is 6.60. The van der Waals surface area contributed by atoms with Gasteiger partial charge in [0, 0.05) is 23.5 Å². The first-order chi connectivity index (χ1) is 7.88. The average molecular weight is 242 g/mol. The number of nitrogens with one attached hydrogen (secondary N) is 1. The van der Waals surface area contributed by atoms with Crippen molar-refractivity contribution in [1.82, 2.24) is 10.3 Å². The number of rotatable bonds is 6. The topological polar surface area (TPSA) is 43.4 Å². The van der Waals surface area contributed by atoms with E-state index in [0.29, 0.717) is 6.04 Å². The third kappa shape index (κ3) is 3.52. The van der Waals surface area contributed by atoms with Crippen LogP contribution in [-0.4, -0.2) is 37.1 Å². The highest BCUT2D eigenvalue weighted by molar-refractivity contribution is 7.09. The normalized spacial score (nSPS) is 19.1. The van der Waals surface area contributed by atoms with Crippen molar-refractivity contribution in [3.63, 3.8) is 0 Å². The molecule has 1 unspecified atom stereocenters. The Kier molecular flexibility index (Phi) is 4.71. The lowest BCUT2D eigenvalue weighted by Gasteiger charge is -2.19. The van der Waals surface area contributed by atoms with Gasteiger partial charge in [-0.05, 0) is 13.0 Å². The van der Waals surface area contributed by atoms with Gasteiger partial charge in [0.25, 0.3) is 0 Å². The Balaban J connectivity index is 1.83. The van der Waals surface area contributed by atoms with Gasteiger partial charge < -0.3 is 14.8 Å². The summed E-state index contributed by atoms with van der Waals surface area (Å²) in [6.07, 6.45) is 3.82. The predicted molar refractivity (Wildman–Crippen MR) is 63.6 cm³/mol. The van der Waals surface area contributed by atoms with Gasteiger partial charge in [-0.25, -0.2) is 0 Å². The zero-order chi connectivity index (χ0) is 11.2. The Bertz CT molecular complexity index is 286. The largest absolute Gasteiger partial charge is 0.350 e. The van der Waals surface area contributed by atoms with Crippen LogP contribution in [0.2, 0.25) is 0 Å². The third-order valence-electron chi connectivity index (χ3n) is 2.59. The molecule has 0 saturated carbocycles. The molecule has 90 valence electrons. The van der Waals surface area contributed by atoms with Crippen molar-refractivity contribution in [2.45, 2.75) is 32.1 Å². The number of hydrogen-bond donors (Lipinski definition) is 1. The predicted octanol–water partition coefficient (Wildman–Crippen LogP) is 1.43. The fourth-order valence-electron chi connectivity index (χ4n) is 1.89. The summed E-state index contributed by atoms with van der Waals surface area (Å²) < 4.78 is 10.9. The van der Waals surface area contributed by atoms with Crippen molar-refractivity contribution in [3.8, 4) is 0 Å². The Morgan fingerprint density at radius 2 is 2.38 bits per heavy atom. The summed E-state index contributed by atoms with van der Waals surface area (Å²) in [4.78, 5) is 5.40. The Labute approximate surface area is 100.0 Å². The van der Waals surface area contributed by atoms with Gasteiger partial charge in [0.1, 0.15) is 0 Å². The summed E-state index contributed by atoms with van der Waals surface area (Å²) in [7, 11) is 0. The minimum Gasteiger partial charge on any atom is -0.350 e. The number of hydrogen-bond acceptors (Lipinski definition) is 5. The Morgan fingerprint density at radius 3 is 3.00 bits per heavy atom. The minimum atomic E-state index is -0.0306. The molecule has 1 saturated heterocycles. The summed E-state index contributed by atoms with van der Waals surface area (Å²) in [5.74, 6) is 0. The van der Waals surface area contributed by atoms with Crippen LogP contribution in [0.25, 0.3) is 0 Å². The van der Waals surface area contributed by atoms with E-state index in [1.54, 1.807) is 11.3 Å². The van der Waals surface area contributed by atoms with E-state index in [2.05, 4.69) is 17.2 Å². The summed E-state index contributed by atoms with van der Waals surface area (Å²) in [5, 5.41) is 3.47. The zero-order valence-electron chi connectivity index (χ0n) is 9.52. The molecule has 0 aromatic carbocycles. The molecule has 0 aliphatic carbocycles. The Hall–Kier alpha value is -0.490. The van der Waals surface area contributed by atoms with Crippen LogP contribution in [0.4, 0.5) is 0 Å². The van der Waals surface area contributed by atoms with Crippen LogP contribution >= 0.6 is 11.3 Å². The molecule has 4 nitrogen and oxygen atoms in total. The van der Waals surface area contributed by atoms with Crippen LogP contribution < -0.4 is 5.32 Å². The van der Waals surface area contributed by atoms with Crippen LogP contribution in [0.15, 0.2) is 11.7 Å². The van der Waals surface area contributed by atoms with E-state index < -0.39 is 0 Å². The third-order valence-corrected chi connectivity index (χ3v) is 3.39. The van der Waals surface area contributed by atoms with Crippen LogP contribution in [0, 0.1) is 0 Å². The maximum atomic E-state index is 5.47. The summed E-state index contributed by atoms with van der Waals surface area (Å²) in [6, 6.07) is 0.411. The first-order valence-electron chi connectivity index (χ1n) is 5.72. The monoisotopic (exact) mass is 242 g/mol. The van der Waals surface area contributed by atoms with Gasteiger partial charge in [0.05, 0.1) is 18.7 Å². The van der Waals surface area contributed by atoms with Gasteiger partial charge in [-0.15, -0.1) is 11.3 Å². The first kappa shape index (κ1) is 12.0. The number of thiazole rings is 1. The number of likely N-dealkylation sites (N-methyl/N-ethyl adjacent to an activating group) is 1. The molecule has 1 aromatic rings. The minimum absolute atomic E-state index is 0.0306. The molecule has 1 aromatic heterocycles. The fourth-order valence-corrected chi connectivity index (χ4v) is 2.57. The van der Waals surface area contributed by atoms with E-state index in [0.717, 1.165) is 32.6 Å². The smallest absolute Gasteiger partial charge is 0.159 e. The highest BCUT2D eigenvalue weighted by Gasteiger charge is 2.21. The van der Waals surface area contributed by atoms with E-state index in [1.165, 1.54) is 4.88 Å². The molecular weight excluding hydrogens is 224 g/mol. The van der Waals surface area contributed by atoms with Gasteiger partial charge >= 0.3 is 0 Å². The lowest BCUT2D eigenvalue weighted by Crippen LogP contribution is -2.34. The summed E-state index contributed by atoms with van der Waals surface area (Å²) >= 11 is 1.70. The summed E-state index contributed by atoms with van der Waals surface area (Å²) in [5.41, 5.74) is 1.88. The van der Waals surface area contributed by atoms with Gasteiger partial charge in [0.15, 0.2) is 6.29 Å². The van der Waals surface area contributed by atoms with Gasteiger partial charge in [0.2, 0.25) is 0 Å². The van der Waals surface area contributed by atoms with Crippen molar-refractivity contribution in [3.05, 3.63) is 16.6 Å². The average Bonchev–Trinajstić information content (AvgIpc) is 2.91. The van der Waals surface area contributed by atoms with Crippen molar-refractivity contribution in [2.24, 2.45) is 0 Å². The van der Waals surface area contributed by atoms with E-state index >= 15 is 0 Å². The molecule has 0 spiro atoms. The molecular formula is C11H18N2O2S. The SMILES string of the molecule is CCNC(Cc1cncs1)CC1OCCO1.